The first kappa shape index (κ1) is 12.8. The molecule has 0 N–H and O–H groups in total. The van der Waals surface area contributed by atoms with Crippen molar-refractivity contribution in [1.82, 2.24) is 9.97 Å². The van der Waals surface area contributed by atoms with Crippen LogP contribution >= 0.6 is 0 Å². The second kappa shape index (κ2) is 5.03. The highest BCUT2D eigenvalue weighted by Gasteiger charge is 2.20. The van der Waals surface area contributed by atoms with Crippen LogP contribution in [0.2, 0.25) is 0 Å². The molecule has 1 fully saturated rings. The maximum Gasteiger partial charge on any atom is 0.270 e. The molecule has 0 saturated carbocycles. The van der Waals surface area contributed by atoms with Crippen molar-refractivity contribution in [2.45, 2.75) is 19.8 Å². The minimum absolute atomic E-state index is 0.0820. The lowest BCUT2D eigenvalue weighted by Gasteiger charge is -2.32. The second-order valence-corrected chi connectivity index (χ2v) is 5.35. The summed E-state index contributed by atoms with van der Waals surface area (Å²) in [6, 6.07) is 4.74. The number of anilines is 1. The van der Waals surface area contributed by atoms with E-state index in [1.54, 1.807) is 12.1 Å². The van der Waals surface area contributed by atoms with Crippen LogP contribution in [0.5, 0.6) is 0 Å². The zero-order chi connectivity index (χ0) is 14.1. The van der Waals surface area contributed by atoms with Crippen LogP contribution < -0.4 is 4.90 Å². The molecule has 0 amide bonds. The number of nitro groups is 1. The minimum Gasteiger partial charge on any atom is -0.356 e. The van der Waals surface area contributed by atoms with Crippen LogP contribution in [0.1, 0.15) is 19.8 Å². The lowest BCUT2D eigenvalue weighted by Crippen LogP contribution is -2.34. The third-order valence-corrected chi connectivity index (χ3v) is 3.77. The van der Waals surface area contributed by atoms with Crippen LogP contribution in [0.4, 0.5) is 11.5 Å². The highest BCUT2D eigenvalue weighted by atomic mass is 16.6. The highest BCUT2D eigenvalue weighted by Crippen LogP contribution is 2.29. The number of benzene rings is 1. The van der Waals surface area contributed by atoms with Gasteiger partial charge in [-0.15, -0.1) is 0 Å². The zero-order valence-electron chi connectivity index (χ0n) is 11.3. The number of rotatable bonds is 2. The van der Waals surface area contributed by atoms with Gasteiger partial charge in [0.2, 0.25) is 0 Å². The van der Waals surface area contributed by atoms with Gasteiger partial charge in [0.15, 0.2) is 0 Å². The lowest BCUT2D eigenvalue weighted by molar-refractivity contribution is -0.384. The van der Waals surface area contributed by atoms with Crippen molar-refractivity contribution in [2.75, 3.05) is 18.0 Å². The molecule has 6 heteroatoms. The summed E-state index contributed by atoms with van der Waals surface area (Å²) in [5, 5.41) is 11.7. The maximum absolute atomic E-state index is 10.9. The number of nitrogens with zero attached hydrogens (tertiary/aromatic N) is 4. The number of piperidine rings is 1. The standard InChI is InChI=1S/C14H16N4O2/c1-10-3-2-6-17(8-10)14-12-7-11(18(19)20)4-5-13(12)15-9-16-14/h4-5,7,9-10H,2-3,6,8H2,1H3/t10-/m1/s1. The highest BCUT2D eigenvalue weighted by molar-refractivity contribution is 5.91. The molecule has 1 aromatic heterocycles. The molecule has 0 radical (unpaired) electrons. The first-order valence-electron chi connectivity index (χ1n) is 6.79. The Hall–Kier alpha value is -2.24. The molecular formula is C14H16N4O2. The van der Waals surface area contributed by atoms with E-state index in [0.29, 0.717) is 5.92 Å². The van der Waals surface area contributed by atoms with Crippen LogP contribution in [0.3, 0.4) is 0 Å². The van der Waals surface area contributed by atoms with Gasteiger partial charge in [-0.2, -0.15) is 0 Å². The minimum atomic E-state index is -0.380. The van der Waals surface area contributed by atoms with Crippen molar-refractivity contribution in [3.63, 3.8) is 0 Å². The fourth-order valence-corrected chi connectivity index (χ4v) is 2.78. The van der Waals surface area contributed by atoms with Gasteiger partial charge < -0.3 is 4.90 Å². The molecular weight excluding hydrogens is 256 g/mol. The van der Waals surface area contributed by atoms with Gasteiger partial charge in [-0.25, -0.2) is 9.97 Å². The van der Waals surface area contributed by atoms with E-state index in [4.69, 9.17) is 0 Å². The van der Waals surface area contributed by atoms with E-state index in [0.717, 1.165) is 36.2 Å². The summed E-state index contributed by atoms with van der Waals surface area (Å²) in [5.74, 6) is 1.43. The fraction of sp³-hybridized carbons (Fsp3) is 0.429. The first-order chi connectivity index (χ1) is 9.65. The first-order valence-corrected chi connectivity index (χ1v) is 6.79. The molecule has 2 heterocycles. The Bertz CT molecular complexity index is 659. The van der Waals surface area contributed by atoms with E-state index >= 15 is 0 Å². The van der Waals surface area contributed by atoms with E-state index < -0.39 is 0 Å². The Balaban J connectivity index is 2.09. The van der Waals surface area contributed by atoms with Gasteiger partial charge in [0.1, 0.15) is 12.1 Å². The van der Waals surface area contributed by atoms with E-state index in [9.17, 15) is 10.1 Å². The summed E-state index contributed by atoms with van der Waals surface area (Å²) < 4.78 is 0. The SMILES string of the molecule is C[C@@H]1CCCN(c2ncnc3ccc([N+](=O)[O-])cc23)C1. The molecule has 0 aliphatic carbocycles. The van der Waals surface area contributed by atoms with Crippen molar-refractivity contribution in [3.05, 3.63) is 34.6 Å². The Labute approximate surface area is 116 Å². The smallest absolute Gasteiger partial charge is 0.270 e. The molecule has 1 aliphatic heterocycles. The monoisotopic (exact) mass is 272 g/mol. The van der Waals surface area contributed by atoms with Crippen molar-refractivity contribution in [3.8, 4) is 0 Å². The van der Waals surface area contributed by atoms with Gasteiger partial charge in [0.25, 0.3) is 5.69 Å². The van der Waals surface area contributed by atoms with Gasteiger partial charge in [-0.1, -0.05) is 6.92 Å². The normalized spacial score (nSPS) is 19.2. The Morgan fingerprint density at radius 3 is 3.00 bits per heavy atom. The molecule has 20 heavy (non-hydrogen) atoms. The van der Waals surface area contributed by atoms with E-state index in [1.165, 1.54) is 18.8 Å². The molecule has 0 spiro atoms. The van der Waals surface area contributed by atoms with E-state index in [1.807, 2.05) is 0 Å². The molecule has 2 aromatic rings. The Morgan fingerprint density at radius 1 is 1.40 bits per heavy atom. The van der Waals surface area contributed by atoms with E-state index in [2.05, 4.69) is 21.8 Å². The van der Waals surface area contributed by atoms with Crippen molar-refractivity contribution in [2.24, 2.45) is 5.92 Å². The fourth-order valence-electron chi connectivity index (χ4n) is 2.78. The summed E-state index contributed by atoms with van der Waals surface area (Å²) in [5.41, 5.74) is 0.831. The summed E-state index contributed by atoms with van der Waals surface area (Å²) in [6.45, 7) is 4.10. The molecule has 1 aliphatic rings. The predicted octanol–water partition coefficient (Wildman–Crippen LogP) is 2.77. The number of aromatic nitrogens is 2. The molecule has 3 rings (SSSR count). The topological polar surface area (TPSA) is 72.2 Å². The summed E-state index contributed by atoms with van der Waals surface area (Å²) in [7, 11) is 0. The number of hydrogen-bond donors (Lipinski definition) is 0. The molecule has 1 saturated heterocycles. The van der Waals surface area contributed by atoms with Gasteiger partial charge in [-0.3, -0.25) is 10.1 Å². The Kier molecular flexibility index (Phi) is 3.22. The third kappa shape index (κ3) is 2.29. The average molecular weight is 272 g/mol. The van der Waals surface area contributed by atoms with Crippen LogP contribution in [0.15, 0.2) is 24.5 Å². The summed E-state index contributed by atoms with van der Waals surface area (Å²) in [4.78, 5) is 21.3. The van der Waals surface area contributed by atoms with Gasteiger partial charge in [0.05, 0.1) is 10.4 Å². The maximum atomic E-state index is 10.9. The summed E-state index contributed by atoms with van der Waals surface area (Å²) in [6.07, 6.45) is 3.88. The van der Waals surface area contributed by atoms with Crippen molar-refractivity contribution >= 4 is 22.4 Å². The molecule has 0 unspecified atom stereocenters. The molecule has 1 atom stereocenters. The number of fused-ring (bicyclic) bond motifs is 1. The molecule has 104 valence electrons. The number of non-ortho nitro benzene ring substituents is 1. The molecule has 1 aromatic carbocycles. The van der Waals surface area contributed by atoms with Gasteiger partial charge >= 0.3 is 0 Å². The van der Waals surface area contributed by atoms with Gasteiger partial charge in [-0.05, 0) is 24.8 Å². The average Bonchev–Trinajstić information content (AvgIpc) is 2.46. The number of nitro benzene ring substituents is 1. The van der Waals surface area contributed by atoms with Crippen LogP contribution in [-0.2, 0) is 0 Å². The largest absolute Gasteiger partial charge is 0.356 e. The summed E-state index contributed by atoms with van der Waals surface area (Å²) >= 11 is 0. The van der Waals surface area contributed by atoms with Crippen LogP contribution in [0, 0.1) is 16.0 Å². The van der Waals surface area contributed by atoms with Crippen LogP contribution in [-0.4, -0.2) is 28.0 Å². The predicted molar refractivity (Wildman–Crippen MR) is 76.8 cm³/mol. The van der Waals surface area contributed by atoms with Crippen molar-refractivity contribution < 1.29 is 4.92 Å². The lowest BCUT2D eigenvalue weighted by atomic mass is 10.00. The zero-order valence-corrected chi connectivity index (χ0v) is 11.3. The van der Waals surface area contributed by atoms with Gasteiger partial charge in [0, 0.05) is 30.6 Å². The van der Waals surface area contributed by atoms with E-state index in [-0.39, 0.29) is 10.6 Å². The van der Waals surface area contributed by atoms with Crippen molar-refractivity contribution in [1.29, 1.82) is 0 Å². The molecule has 6 nitrogen and oxygen atoms in total. The third-order valence-electron chi connectivity index (χ3n) is 3.77. The number of hydrogen-bond acceptors (Lipinski definition) is 5. The molecule has 0 bridgehead atoms. The van der Waals surface area contributed by atoms with Crippen LogP contribution in [0.25, 0.3) is 10.9 Å². The second-order valence-electron chi connectivity index (χ2n) is 5.35. The quantitative estimate of drug-likeness (QED) is 0.621. The Morgan fingerprint density at radius 2 is 2.25 bits per heavy atom.